The lowest BCUT2D eigenvalue weighted by atomic mass is 10.1. The van der Waals surface area contributed by atoms with Crippen LogP contribution in [0.5, 0.6) is 0 Å². The van der Waals surface area contributed by atoms with E-state index in [9.17, 15) is 0 Å². The van der Waals surface area contributed by atoms with Gasteiger partial charge in [0, 0.05) is 22.3 Å². The first kappa shape index (κ1) is 14.3. The molecule has 0 radical (unpaired) electrons. The van der Waals surface area contributed by atoms with Crippen LogP contribution in [0.4, 0.5) is 0 Å². The summed E-state index contributed by atoms with van der Waals surface area (Å²) in [5, 5.41) is 7.79. The van der Waals surface area contributed by atoms with Crippen molar-refractivity contribution < 1.29 is 0 Å². The number of nitrogens with zero attached hydrogens (tertiary/aromatic N) is 2. The fraction of sp³-hybridized carbons (Fsp3) is 0.400. The Labute approximate surface area is 123 Å². The number of aromatic nitrogens is 2. The zero-order valence-electron chi connectivity index (χ0n) is 11.7. The molecule has 2 rings (SSSR count). The topological polar surface area (TPSA) is 29.9 Å². The molecule has 0 aliphatic heterocycles. The molecule has 0 spiro atoms. The molecule has 19 heavy (non-hydrogen) atoms. The van der Waals surface area contributed by atoms with E-state index in [4.69, 9.17) is 0 Å². The molecule has 0 amide bonds. The highest BCUT2D eigenvalue weighted by Gasteiger charge is 2.12. The van der Waals surface area contributed by atoms with Crippen molar-refractivity contribution in [1.29, 1.82) is 0 Å². The third kappa shape index (κ3) is 3.07. The van der Waals surface area contributed by atoms with E-state index >= 15 is 0 Å². The number of rotatable bonds is 5. The largest absolute Gasteiger partial charge is 0.316 e. The summed E-state index contributed by atoms with van der Waals surface area (Å²) in [6.07, 6.45) is 4.15. The van der Waals surface area contributed by atoms with Gasteiger partial charge in [0.15, 0.2) is 0 Å². The second-order valence-corrected chi connectivity index (χ2v) is 5.66. The van der Waals surface area contributed by atoms with Gasteiger partial charge in [-0.1, -0.05) is 29.3 Å². The number of nitrogens with one attached hydrogen (secondary N) is 1. The van der Waals surface area contributed by atoms with Crippen LogP contribution in [0.2, 0.25) is 0 Å². The Balaban J connectivity index is 2.48. The van der Waals surface area contributed by atoms with Crippen LogP contribution in [-0.2, 0) is 13.0 Å². The number of halogens is 1. The summed E-state index contributed by atoms with van der Waals surface area (Å²) in [6, 6.07) is 6.32. The van der Waals surface area contributed by atoms with Crippen molar-refractivity contribution in [1.82, 2.24) is 15.1 Å². The lowest BCUT2D eigenvalue weighted by molar-refractivity contribution is 0.747. The summed E-state index contributed by atoms with van der Waals surface area (Å²) < 4.78 is 3.19. The molecule has 0 aliphatic rings. The highest BCUT2D eigenvalue weighted by molar-refractivity contribution is 9.10. The summed E-state index contributed by atoms with van der Waals surface area (Å²) in [5.41, 5.74) is 4.98. The maximum absolute atomic E-state index is 4.58. The molecule has 2 aromatic rings. The lowest BCUT2D eigenvalue weighted by Crippen LogP contribution is -2.09. The monoisotopic (exact) mass is 321 g/mol. The zero-order chi connectivity index (χ0) is 13.8. The minimum absolute atomic E-state index is 0.866. The molecule has 1 aromatic heterocycles. The molecule has 0 saturated carbocycles. The smallest absolute Gasteiger partial charge is 0.0678 e. The van der Waals surface area contributed by atoms with Crippen molar-refractivity contribution in [3.05, 3.63) is 45.7 Å². The zero-order valence-corrected chi connectivity index (χ0v) is 13.3. The molecule has 0 aliphatic carbocycles. The lowest BCUT2D eigenvalue weighted by Gasteiger charge is -2.11. The first-order valence-electron chi connectivity index (χ1n) is 6.64. The normalized spacial score (nSPS) is 10.9. The Morgan fingerprint density at radius 3 is 2.79 bits per heavy atom. The van der Waals surface area contributed by atoms with Crippen LogP contribution < -0.4 is 5.32 Å². The highest BCUT2D eigenvalue weighted by atomic mass is 79.9. The van der Waals surface area contributed by atoms with Crippen molar-refractivity contribution in [3.8, 4) is 5.69 Å². The molecule has 0 unspecified atom stereocenters. The molecule has 1 aromatic carbocycles. The van der Waals surface area contributed by atoms with E-state index < -0.39 is 0 Å². The predicted molar refractivity (Wildman–Crippen MR) is 82.8 cm³/mol. The second kappa shape index (κ2) is 6.35. The van der Waals surface area contributed by atoms with Crippen LogP contribution in [0.25, 0.3) is 5.69 Å². The van der Waals surface area contributed by atoms with Crippen molar-refractivity contribution >= 4 is 15.9 Å². The van der Waals surface area contributed by atoms with E-state index in [1.807, 2.05) is 13.2 Å². The first-order valence-corrected chi connectivity index (χ1v) is 7.43. The van der Waals surface area contributed by atoms with Crippen molar-refractivity contribution in [2.45, 2.75) is 33.2 Å². The molecule has 0 fully saturated rings. The number of hydrogen-bond donors (Lipinski definition) is 1. The van der Waals surface area contributed by atoms with Gasteiger partial charge < -0.3 is 5.32 Å². The molecule has 0 atom stereocenters. The first-order chi connectivity index (χ1) is 9.17. The molecule has 4 heteroatoms. The summed E-state index contributed by atoms with van der Waals surface area (Å²) in [7, 11) is 1.97. The van der Waals surface area contributed by atoms with Crippen LogP contribution >= 0.6 is 15.9 Å². The van der Waals surface area contributed by atoms with E-state index in [0.717, 1.165) is 29.5 Å². The minimum atomic E-state index is 0.866. The Hall–Kier alpha value is -1.13. The van der Waals surface area contributed by atoms with Gasteiger partial charge in [0.2, 0.25) is 0 Å². The van der Waals surface area contributed by atoms with E-state index in [1.165, 1.54) is 16.8 Å². The van der Waals surface area contributed by atoms with Gasteiger partial charge in [-0.2, -0.15) is 5.10 Å². The summed E-state index contributed by atoms with van der Waals surface area (Å²) in [6.45, 7) is 5.19. The maximum Gasteiger partial charge on any atom is 0.0678 e. The van der Waals surface area contributed by atoms with Gasteiger partial charge >= 0.3 is 0 Å². The summed E-state index contributed by atoms with van der Waals surface area (Å²) >= 11 is 3.51. The average molecular weight is 322 g/mol. The molecule has 0 bridgehead atoms. The highest BCUT2D eigenvalue weighted by Crippen LogP contribution is 2.22. The maximum atomic E-state index is 4.58. The van der Waals surface area contributed by atoms with Crippen LogP contribution in [0, 0.1) is 6.92 Å². The van der Waals surface area contributed by atoms with E-state index in [-0.39, 0.29) is 0 Å². The van der Waals surface area contributed by atoms with Crippen molar-refractivity contribution in [2.24, 2.45) is 0 Å². The molecular formula is C15H20BrN3. The Morgan fingerprint density at radius 1 is 1.37 bits per heavy atom. The SMILES string of the molecule is CCCc1c(CNC)cnn1-c1ccc(Br)cc1C. The van der Waals surface area contributed by atoms with E-state index in [0.29, 0.717) is 0 Å². The summed E-state index contributed by atoms with van der Waals surface area (Å²) in [4.78, 5) is 0. The molecule has 1 heterocycles. The molecule has 102 valence electrons. The van der Waals surface area contributed by atoms with E-state index in [1.54, 1.807) is 0 Å². The van der Waals surface area contributed by atoms with Crippen molar-refractivity contribution in [2.75, 3.05) is 7.05 Å². The standard InChI is InChI=1S/C15H20BrN3/c1-4-5-15-12(9-17-3)10-18-19(15)14-7-6-13(16)8-11(14)2/h6-8,10,17H,4-5,9H2,1-3H3. The fourth-order valence-electron chi connectivity index (χ4n) is 2.31. The van der Waals surface area contributed by atoms with Gasteiger partial charge in [0.25, 0.3) is 0 Å². The third-order valence-corrected chi connectivity index (χ3v) is 3.69. The third-order valence-electron chi connectivity index (χ3n) is 3.20. The minimum Gasteiger partial charge on any atom is -0.316 e. The second-order valence-electron chi connectivity index (χ2n) is 4.74. The Morgan fingerprint density at radius 2 is 2.16 bits per heavy atom. The molecule has 1 N–H and O–H groups in total. The number of benzene rings is 1. The van der Waals surface area contributed by atoms with Gasteiger partial charge in [-0.05, 0) is 44.2 Å². The summed E-state index contributed by atoms with van der Waals surface area (Å²) in [5.74, 6) is 0. The van der Waals surface area contributed by atoms with Crippen LogP contribution in [0.3, 0.4) is 0 Å². The van der Waals surface area contributed by atoms with E-state index in [2.05, 4.69) is 63.1 Å². The van der Waals surface area contributed by atoms with Crippen molar-refractivity contribution in [3.63, 3.8) is 0 Å². The fourth-order valence-corrected chi connectivity index (χ4v) is 2.79. The van der Waals surface area contributed by atoms with Crippen LogP contribution in [0.15, 0.2) is 28.9 Å². The Bertz CT molecular complexity index is 561. The predicted octanol–water partition coefficient (Wildman–Crippen LogP) is 3.62. The van der Waals surface area contributed by atoms with Gasteiger partial charge in [0.1, 0.15) is 0 Å². The molecule has 3 nitrogen and oxygen atoms in total. The quantitative estimate of drug-likeness (QED) is 0.911. The molecular weight excluding hydrogens is 302 g/mol. The van der Waals surface area contributed by atoms with Gasteiger partial charge in [-0.15, -0.1) is 0 Å². The molecule has 0 saturated heterocycles. The average Bonchev–Trinajstić information content (AvgIpc) is 2.74. The number of hydrogen-bond acceptors (Lipinski definition) is 2. The van der Waals surface area contributed by atoms with Gasteiger partial charge in [-0.3, -0.25) is 0 Å². The Kier molecular flexibility index (Phi) is 4.77. The number of aryl methyl sites for hydroxylation is 1. The van der Waals surface area contributed by atoms with Crippen LogP contribution in [-0.4, -0.2) is 16.8 Å². The van der Waals surface area contributed by atoms with Gasteiger partial charge in [0.05, 0.1) is 11.9 Å². The van der Waals surface area contributed by atoms with Crippen LogP contribution in [0.1, 0.15) is 30.2 Å². The van der Waals surface area contributed by atoms with Gasteiger partial charge in [-0.25, -0.2) is 4.68 Å².